The van der Waals surface area contributed by atoms with Crippen LogP contribution in [0.4, 0.5) is 5.69 Å². The highest BCUT2D eigenvalue weighted by atomic mass is 32.2. The van der Waals surface area contributed by atoms with E-state index in [1.54, 1.807) is 0 Å². The first-order chi connectivity index (χ1) is 5.34. The summed E-state index contributed by atoms with van der Waals surface area (Å²) in [5, 5.41) is 8.31. The van der Waals surface area contributed by atoms with Gasteiger partial charge in [0.2, 0.25) is 0 Å². The average Bonchev–Trinajstić information content (AvgIpc) is 2.03. The fourth-order valence-electron chi connectivity index (χ4n) is 0.722. The molecule has 1 aromatic rings. The van der Waals surface area contributed by atoms with Gasteiger partial charge in [-0.25, -0.2) is 0 Å². The predicted octanol–water partition coefficient (Wildman–Crippen LogP) is 1.88. The lowest BCUT2D eigenvalue weighted by molar-refractivity contribution is 1.45. The van der Waals surface area contributed by atoms with Gasteiger partial charge in [0.05, 0.1) is 11.8 Å². The summed E-state index contributed by atoms with van der Waals surface area (Å²) in [7, 11) is 0. The molecule has 3 heteroatoms. The number of nitrogens with zero attached hydrogens (tertiary/aromatic N) is 1. The highest BCUT2D eigenvalue weighted by molar-refractivity contribution is 7.99. The van der Waals surface area contributed by atoms with Gasteiger partial charge < -0.3 is 5.73 Å². The highest BCUT2D eigenvalue weighted by Crippen LogP contribution is 2.23. The Morgan fingerprint density at radius 1 is 1.45 bits per heavy atom. The van der Waals surface area contributed by atoms with Crippen LogP contribution in [0.2, 0.25) is 0 Å². The molecule has 0 bridgehead atoms. The summed E-state index contributed by atoms with van der Waals surface area (Å²) in [5.74, 6) is 0.453. The van der Waals surface area contributed by atoms with Crippen LogP contribution in [-0.2, 0) is 0 Å². The third-order valence-electron chi connectivity index (χ3n) is 1.21. The Morgan fingerprint density at radius 2 is 2.18 bits per heavy atom. The number of anilines is 1. The number of hydrogen-bond acceptors (Lipinski definition) is 3. The maximum Gasteiger partial charge on any atom is 0.0856 e. The Balaban J connectivity index is 2.71. The second-order valence-electron chi connectivity index (χ2n) is 1.98. The van der Waals surface area contributed by atoms with E-state index in [9.17, 15) is 0 Å². The molecular formula is C8H8N2S. The molecule has 1 rings (SSSR count). The lowest BCUT2D eigenvalue weighted by atomic mass is 10.3. The first kappa shape index (κ1) is 7.96. The minimum Gasteiger partial charge on any atom is -0.398 e. The van der Waals surface area contributed by atoms with E-state index in [-0.39, 0.29) is 0 Å². The van der Waals surface area contributed by atoms with Crippen molar-refractivity contribution in [3.63, 3.8) is 0 Å². The lowest BCUT2D eigenvalue weighted by Gasteiger charge is -1.99. The number of para-hydroxylation sites is 1. The fraction of sp³-hybridized carbons (Fsp3) is 0.125. The quantitative estimate of drug-likeness (QED) is 0.536. The van der Waals surface area contributed by atoms with Gasteiger partial charge in [-0.1, -0.05) is 12.1 Å². The molecule has 0 unspecified atom stereocenters. The van der Waals surface area contributed by atoms with Gasteiger partial charge >= 0.3 is 0 Å². The van der Waals surface area contributed by atoms with Crippen molar-refractivity contribution < 1.29 is 0 Å². The number of thioether (sulfide) groups is 1. The number of nitriles is 1. The van der Waals surface area contributed by atoms with Crippen LogP contribution < -0.4 is 5.73 Å². The zero-order valence-corrected chi connectivity index (χ0v) is 6.77. The van der Waals surface area contributed by atoms with Crippen LogP contribution in [0.5, 0.6) is 0 Å². The topological polar surface area (TPSA) is 49.8 Å². The van der Waals surface area contributed by atoms with E-state index in [4.69, 9.17) is 11.0 Å². The molecule has 0 aliphatic carbocycles. The SMILES string of the molecule is N#CCSc1ccccc1N. The standard InChI is InChI=1S/C8H8N2S/c9-5-6-11-8-4-2-1-3-7(8)10/h1-4H,6,10H2. The maximum absolute atomic E-state index is 8.31. The maximum atomic E-state index is 8.31. The van der Waals surface area contributed by atoms with E-state index in [1.165, 1.54) is 11.8 Å². The third-order valence-corrected chi connectivity index (χ3v) is 2.17. The molecule has 0 amide bonds. The Hall–Kier alpha value is -1.14. The summed E-state index contributed by atoms with van der Waals surface area (Å²) in [4.78, 5) is 0.981. The Bertz CT molecular complexity index is 278. The smallest absolute Gasteiger partial charge is 0.0856 e. The monoisotopic (exact) mass is 164 g/mol. The van der Waals surface area contributed by atoms with Crippen molar-refractivity contribution >= 4 is 17.4 Å². The van der Waals surface area contributed by atoms with Crippen molar-refractivity contribution in [3.8, 4) is 6.07 Å². The molecule has 0 saturated carbocycles. The number of rotatable bonds is 2. The van der Waals surface area contributed by atoms with E-state index in [1.807, 2.05) is 24.3 Å². The van der Waals surface area contributed by atoms with Gasteiger partial charge in [-0.3, -0.25) is 0 Å². The molecule has 0 fully saturated rings. The first-order valence-corrected chi connectivity index (χ1v) is 4.17. The van der Waals surface area contributed by atoms with Gasteiger partial charge in [-0.05, 0) is 12.1 Å². The minimum atomic E-state index is 0.453. The Labute approximate surface area is 70.0 Å². The highest BCUT2D eigenvalue weighted by Gasteiger charge is 1.95. The van der Waals surface area contributed by atoms with Crippen molar-refractivity contribution in [2.75, 3.05) is 11.5 Å². The molecule has 2 nitrogen and oxygen atoms in total. The van der Waals surface area contributed by atoms with Gasteiger partial charge in [0.1, 0.15) is 0 Å². The van der Waals surface area contributed by atoms with E-state index in [0.717, 1.165) is 10.6 Å². The van der Waals surface area contributed by atoms with Crippen molar-refractivity contribution in [3.05, 3.63) is 24.3 Å². The van der Waals surface area contributed by atoms with Crippen LogP contribution in [-0.4, -0.2) is 5.75 Å². The summed E-state index contributed by atoms with van der Waals surface area (Å²) in [6.45, 7) is 0. The van der Waals surface area contributed by atoms with E-state index < -0.39 is 0 Å². The van der Waals surface area contributed by atoms with Crippen molar-refractivity contribution in [2.24, 2.45) is 0 Å². The number of nitrogens with two attached hydrogens (primary N) is 1. The van der Waals surface area contributed by atoms with Crippen molar-refractivity contribution in [1.29, 1.82) is 5.26 Å². The van der Waals surface area contributed by atoms with Gasteiger partial charge in [0.25, 0.3) is 0 Å². The average molecular weight is 164 g/mol. The molecule has 0 spiro atoms. The van der Waals surface area contributed by atoms with Crippen molar-refractivity contribution in [2.45, 2.75) is 4.90 Å². The number of benzene rings is 1. The molecule has 2 N–H and O–H groups in total. The minimum absolute atomic E-state index is 0.453. The van der Waals surface area contributed by atoms with Crippen LogP contribution in [0.25, 0.3) is 0 Å². The van der Waals surface area contributed by atoms with Crippen LogP contribution >= 0.6 is 11.8 Å². The van der Waals surface area contributed by atoms with Crippen LogP contribution in [0, 0.1) is 11.3 Å². The van der Waals surface area contributed by atoms with Crippen LogP contribution in [0.3, 0.4) is 0 Å². The molecule has 11 heavy (non-hydrogen) atoms. The van der Waals surface area contributed by atoms with E-state index in [2.05, 4.69) is 6.07 Å². The second kappa shape index (κ2) is 3.89. The Morgan fingerprint density at radius 3 is 2.82 bits per heavy atom. The first-order valence-electron chi connectivity index (χ1n) is 3.19. The van der Waals surface area contributed by atoms with E-state index >= 15 is 0 Å². The molecule has 0 aliphatic rings. The molecule has 0 heterocycles. The number of nitrogen functional groups attached to an aromatic ring is 1. The zero-order chi connectivity index (χ0) is 8.10. The summed E-state index contributed by atoms with van der Waals surface area (Å²) in [5.41, 5.74) is 6.37. The molecule has 0 atom stereocenters. The summed E-state index contributed by atoms with van der Waals surface area (Å²) in [6, 6.07) is 9.59. The van der Waals surface area contributed by atoms with Gasteiger partial charge in [0.15, 0.2) is 0 Å². The fourth-order valence-corrected chi connectivity index (χ4v) is 1.35. The van der Waals surface area contributed by atoms with Crippen LogP contribution in [0.1, 0.15) is 0 Å². The lowest BCUT2D eigenvalue weighted by Crippen LogP contribution is -1.87. The number of hydrogen-bond donors (Lipinski definition) is 1. The molecular weight excluding hydrogens is 156 g/mol. The molecule has 0 aliphatic heterocycles. The molecule has 0 aromatic heterocycles. The second-order valence-corrected chi connectivity index (χ2v) is 3.00. The third kappa shape index (κ3) is 2.17. The Kier molecular flexibility index (Phi) is 2.82. The van der Waals surface area contributed by atoms with Gasteiger partial charge in [-0.2, -0.15) is 5.26 Å². The van der Waals surface area contributed by atoms with Crippen LogP contribution in [0.15, 0.2) is 29.2 Å². The summed E-state index contributed by atoms with van der Waals surface area (Å²) < 4.78 is 0. The molecule has 0 radical (unpaired) electrons. The predicted molar refractivity (Wildman–Crippen MR) is 47.2 cm³/mol. The largest absolute Gasteiger partial charge is 0.398 e. The summed E-state index contributed by atoms with van der Waals surface area (Å²) >= 11 is 1.46. The molecule has 0 saturated heterocycles. The molecule has 1 aromatic carbocycles. The van der Waals surface area contributed by atoms with Gasteiger partial charge in [-0.15, -0.1) is 11.8 Å². The summed E-state index contributed by atoms with van der Waals surface area (Å²) in [6.07, 6.45) is 0. The molecule has 56 valence electrons. The van der Waals surface area contributed by atoms with Gasteiger partial charge in [0, 0.05) is 10.6 Å². The van der Waals surface area contributed by atoms with Crippen molar-refractivity contribution in [1.82, 2.24) is 0 Å². The van der Waals surface area contributed by atoms with E-state index in [0.29, 0.717) is 5.75 Å². The zero-order valence-electron chi connectivity index (χ0n) is 5.95. The normalized spacial score (nSPS) is 9.00.